The molecular weight excluding hydrogens is 580 g/mol. The Bertz CT molecular complexity index is 1530. The molecule has 0 bridgehead atoms. The number of anilines is 1. The van der Waals surface area contributed by atoms with E-state index in [1.807, 2.05) is 0 Å². The number of hydrazone groups is 1. The van der Waals surface area contributed by atoms with Gasteiger partial charge >= 0.3 is 12.0 Å². The SMILES string of the molecule is CCOC(=O)C1=C(C)NC(=O)N[C@H]1c1ccc(OCC(=O)N/N=C\[C@@H]2C(=O)NC(=S)N(c3ccccc3)C2=O)c(OC)c1. The van der Waals surface area contributed by atoms with Crippen molar-refractivity contribution >= 4 is 59.0 Å². The molecular formula is C28H28N6O8S. The van der Waals surface area contributed by atoms with Gasteiger partial charge in [0.2, 0.25) is 5.91 Å². The summed E-state index contributed by atoms with van der Waals surface area (Å²) in [6.45, 7) is 2.94. The van der Waals surface area contributed by atoms with Gasteiger partial charge in [-0.25, -0.2) is 15.0 Å². The maximum absolute atomic E-state index is 13.0. The maximum atomic E-state index is 13.0. The van der Waals surface area contributed by atoms with Gasteiger partial charge in [-0.2, -0.15) is 5.10 Å². The molecule has 4 rings (SSSR count). The van der Waals surface area contributed by atoms with E-state index in [2.05, 4.69) is 26.5 Å². The molecule has 0 aromatic heterocycles. The second-order valence-corrected chi connectivity index (χ2v) is 9.47. The van der Waals surface area contributed by atoms with Crippen LogP contribution in [0.5, 0.6) is 11.5 Å². The fourth-order valence-corrected chi connectivity index (χ4v) is 4.60. The van der Waals surface area contributed by atoms with Crippen molar-refractivity contribution < 1.29 is 38.2 Å². The average molecular weight is 609 g/mol. The van der Waals surface area contributed by atoms with E-state index in [0.717, 1.165) is 6.21 Å². The highest BCUT2D eigenvalue weighted by atomic mass is 32.1. The molecule has 2 aliphatic rings. The third-order valence-electron chi connectivity index (χ3n) is 6.27. The molecule has 2 heterocycles. The molecule has 2 aromatic carbocycles. The van der Waals surface area contributed by atoms with E-state index in [-0.39, 0.29) is 28.8 Å². The Morgan fingerprint density at radius 3 is 2.53 bits per heavy atom. The second kappa shape index (κ2) is 13.6. The van der Waals surface area contributed by atoms with E-state index in [9.17, 15) is 24.0 Å². The summed E-state index contributed by atoms with van der Waals surface area (Å²) in [5.41, 5.74) is 3.78. The number of ether oxygens (including phenoxy) is 3. The lowest BCUT2D eigenvalue weighted by Crippen LogP contribution is -2.58. The predicted octanol–water partition coefficient (Wildman–Crippen LogP) is 1.43. The van der Waals surface area contributed by atoms with Crippen LogP contribution in [0, 0.1) is 5.92 Å². The summed E-state index contributed by atoms with van der Waals surface area (Å²) in [6, 6.07) is 11.9. The summed E-state index contributed by atoms with van der Waals surface area (Å²) in [4.78, 5) is 63.6. The Labute approximate surface area is 251 Å². The van der Waals surface area contributed by atoms with Gasteiger partial charge in [-0.05, 0) is 55.9 Å². The highest BCUT2D eigenvalue weighted by Crippen LogP contribution is 2.34. The number of methoxy groups -OCH3 is 1. The van der Waals surface area contributed by atoms with E-state index < -0.39 is 48.3 Å². The van der Waals surface area contributed by atoms with Gasteiger partial charge in [-0.15, -0.1) is 0 Å². The molecule has 224 valence electrons. The first-order valence-electron chi connectivity index (χ1n) is 13.0. The molecule has 2 aliphatic heterocycles. The van der Waals surface area contributed by atoms with Gasteiger partial charge in [-0.1, -0.05) is 24.3 Å². The number of carbonyl (C=O) groups excluding carboxylic acids is 5. The largest absolute Gasteiger partial charge is 0.493 e. The van der Waals surface area contributed by atoms with Crippen LogP contribution in [0.3, 0.4) is 0 Å². The predicted molar refractivity (Wildman–Crippen MR) is 157 cm³/mol. The minimum absolute atomic E-state index is 0.0611. The number of hydrogen-bond acceptors (Lipinski definition) is 10. The maximum Gasteiger partial charge on any atom is 0.338 e. The van der Waals surface area contributed by atoms with Gasteiger partial charge in [0.15, 0.2) is 29.1 Å². The van der Waals surface area contributed by atoms with Crippen LogP contribution in [0.4, 0.5) is 10.5 Å². The first kappa shape index (κ1) is 30.6. The molecule has 0 unspecified atom stereocenters. The summed E-state index contributed by atoms with van der Waals surface area (Å²) >= 11 is 5.14. The Kier molecular flexibility index (Phi) is 9.67. The molecule has 0 spiro atoms. The second-order valence-electron chi connectivity index (χ2n) is 9.08. The lowest BCUT2D eigenvalue weighted by atomic mass is 9.95. The molecule has 4 N–H and O–H groups in total. The van der Waals surface area contributed by atoms with Crippen molar-refractivity contribution in [1.82, 2.24) is 21.4 Å². The van der Waals surface area contributed by atoms with E-state index in [1.165, 1.54) is 18.1 Å². The molecule has 2 aromatic rings. The minimum Gasteiger partial charge on any atom is -0.493 e. The van der Waals surface area contributed by atoms with Crippen LogP contribution in [-0.4, -0.2) is 61.4 Å². The topological polar surface area (TPSA) is 177 Å². The summed E-state index contributed by atoms with van der Waals surface area (Å²) in [7, 11) is 1.39. The highest BCUT2D eigenvalue weighted by Gasteiger charge is 2.38. The lowest BCUT2D eigenvalue weighted by Gasteiger charge is -2.30. The van der Waals surface area contributed by atoms with Gasteiger partial charge in [0, 0.05) is 11.9 Å². The number of amides is 5. The molecule has 15 heteroatoms. The Morgan fingerprint density at radius 1 is 1.09 bits per heavy atom. The van der Waals surface area contributed by atoms with Crippen LogP contribution >= 0.6 is 12.2 Å². The zero-order valence-electron chi connectivity index (χ0n) is 23.3. The molecule has 1 fully saturated rings. The average Bonchev–Trinajstić information content (AvgIpc) is 2.97. The van der Waals surface area contributed by atoms with Crippen molar-refractivity contribution in [2.75, 3.05) is 25.2 Å². The Balaban J connectivity index is 1.40. The molecule has 1 saturated heterocycles. The summed E-state index contributed by atoms with van der Waals surface area (Å²) in [5.74, 6) is -3.48. The first-order valence-corrected chi connectivity index (χ1v) is 13.4. The third-order valence-corrected chi connectivity index (χ3v) is 6.56. The lowest BCUT2D eigenvalue weighted by molar-refractivity contribution is -0.139. The number of para-hydroxylation sites is 1. The van der Waals surface area contributed by atoms with Crippen molar-refractivity contribution in [2.45, 2.75) is 19.9 Å². The minimum atomic E-state index is -1.33. The van der Waals surface area contributed by atoms with Crippen molar-refractivity contribution in [1.29, 1.82) is 0 Å². The van der Waals surface area contributed by atoms with Crippen LogP contribution in [0.2, 0.25) is 0 Å². The molecule has 43 heavy (non-hydrogen) atoms. The molecule has 2 atom stereocenters. The van der Waals surface area contributed by atoms with Crippen LogP contribution in [0.15, 0.2) is 64.9 Å². The number of benzene rings is 2. The van der Waals surface area contributed by atoms with Gasteiger partial charge in [0.05, 0.1) is 31.0 Å². The van der Waals surface area contributed by atoms with E-state index in [1.54, 1.807) is 56.3 Å². The number of esters is 1. The standard InChI is InChI=1S/C28H28N6O8S/c1-4-41-26(38)22-15(2)30-27(39)31-23(22)16-10-11-19(20(12-16)40-3)42-14-21(35)33-29-13-18-24(36)32-28(43)34(25(18)37)17-8-6-5-7-9-17/h5-13,18,23H,4,14H2,1-3H3,(H,33,35)(H2,30,31,39)(H,32,36,43)/b29-13-/t18-,23+/m1/s1. The first-order chi connectivity index (χ1) is 20.6. The number of nitrogens with zero attached hydrogens (tertiary/aromatic N) is 2. The van der Waals surface area contributed by atoms with Gasteiger partial charge < -0.3 is 30.2 Å². The zero-order chi connectivity index (χ0) is 31.1. The molecule has 5 amide bonds. The van der Waals surface area contributed by atoms with Gasteiger partial charge in [0.25, 0.3) is 11.8 Å². The number of thiocarbonyl (C=S) groups is 1. The number of urea groups is 1. The van der Waals surface area contributed by atoms with Crippen LogP contribution < -0.4 is 35.7 Å². The smallest absolute Gasteiger partial charge is 0.338 e. The molecule has 0 radical (unpaired) electrons. The van der Waals surface area contributed by atoms with Gasteiger partial charge in [0.1, 0.15) is 0 Å². The van der Waals surface area contributed by atoms with Crippen molar-refractivity contribution in [3.63, 3.8) is 0 Å². The Hall–Kier alpha value is -5.31. The third kappa shape index (κ3) is 6.95. The number of nitrogens with one attached hydrogen (secondary N) is 4. The van der Waals surface area contributed by atoms with E-state index >= 15 is 0 Å². The number of hydrogen-bond donors (Lipinski definition) is 4. The summed E-state index contributed by atoms with van der Waals surface area (Å²) in [6.07, 6.45) is 1.01. The van der Waals surface area contributed by atoms with Crippen LogP contribution in [0.1, 0.15) is 25.5 Å². The van der Waals surface area contributed by atoms with Crippen LogP contribution in [-0.2, 0) is 23.9 Å². The fraction of sp³-hybridized carbons (Fsp3) is 0.250. The fourth-order valence-electron chi connectivity index (χ4n) is 4.31. The summed E-state index contributed by atoms with van der Waals surface area (Å²) < 4.78 is 16.1. The number of allylic oxidation sites excluding steroid dienone is 1. The molecule has 14 nitrogen and oxygen atoms in total. The van der Waals surface area contributed by atoms with Crippen molar-refractivity contribution in [3.05, 3.63) is 65.4 Å². The van der Waals surface area contributed by atoms with Gasteiger partial charge in [-0.3, -0.25) is 19.3 Å². The van der Waals surface area contributed by atoms with Crippen molar-refractivity contribution in [3.8, 4) is 11.5 Å². The zero-order valence-corrected chi connectivity index (χ0v) is 24.2. The monoisotopic (exact) mass is 608 g/mol. The highest BCUT2D eigenvalue weighted by molar-refractivity contribution is 7.80. The van der Waals surface area contributed by atoms with E-state index in [0.29, 0.717) is 16.9 Å². The number of carbonyl (C=O) groups is 5. The molecule has 0 saturated carbocycles. The Morgan fingerprint density at radius 2 is 1.84 bits per heavy atom. The van der Waals surface area contributed by atoms with E-state index in [4.69, 9.17) is 26.4 Å². The normalized spacial score (nSPS) is 18.5. The van der Waals surface area contributed by atoms with Crippen molar-refractivity contribution in [2.24, 2.45) is 11.0 Å². The molecule has 0 aliphatic carbocycles. The summed E-state index contributed by atoms with van der Waals surface area (Å²) in [5, 5.41) is 11.4. The van der Waals surface area contributed by atoms with Crippen LogP contribution in [0.25, 0.3) is 0 Å². The number of rotatable bonds is 10. The quantitative estimate of drug-likeness (QED) is 0.102.